The maximum Gasteiger partial charge on any atom is 0.317 e. The maximum absolute atomic E-state index is 12.4. The fourth-order valence-electron chi connectivity index (χ4n) is 3.75. The number of amides is 2. The van der Waals surface area contributed by atoms with Crippen LogP contribution in [-0.2, 0) is 4.79 Å². The molecule has 2 heterocycles. The predicted octanol–water partition coefficient (Wildman–Crippen LogP) is 2.17. The van der Waals surface area contributed by atoms with Gasteiger partial charge in [-0.15, -0.1) is 0 Å². The van der Waals surface area contributed by atoms with Gasteiger partial charge in [-0.25, -0.2) is 4.79 Å². The van der Waals surface area contributed by atoms with Crippen molar-refractivity contribution < 1.29 is 19.4 Å². The van der Waals surface area contributed by atoms with Gasteiger partial charge in [-0.2, -0.15) is 0 Å². The van der Waals surface area contributed by atoms with E-state index in [1.165, 1.54) is 0 Å². The molecule has 26 heavy (non-hydrogen) atoms. The number of anilines is 1. The number of hydrogen-bond donors (Lipinski definition) is 2. The molecule has 2 N–H and O–H groups in total. The lowest BCUT2D eigenvalue weighted by Gasteiger charge is -2.36. The Hall–Kier alpha value is -2.44. The summed E-state index contributed by atoms with van der Waals surface area (Å²) in [6.07, 6.45) is 2.84. The van der Waals surface area contributed by atoms with Crippen LogP contribution in [0.3, 0.4) is 0 Å². The third-order valence-electron chi connectivity index (χ3n) is 5.38. The zero-order chi connectivity index (χ0) is 18.5. The van der Waals surface area contributed by atoms with Gasteiger partial charge in [0.2, 0.25) is 0 Å². The first-order valence-electron chi connectivity index (χ1n) is 9.24. The average Bonchev–Trinajstić information content (AvgIpc) is 2.68. The van der Waals surface area contributed by atoms with E-state index in [-0.39, 0.29) is 18.0 Å². The van der Waals surface area contributed by atoms with E-state index in [1.54, 1.807) is 12.0 Å². The van der Waals surface area contributed by atoms with Gasteiger partial charge in [-0.05, 0) is 37.8 Å². The number of methoxy groups -OCH3 is 1. The number of aliphatic carboxylic acids is 1. The van der Waals surface area contributed by atoms with Crippen molar-refractivity contribution in [1.82, 2.24) is 10.2 Å². The van der Waals surface area contributed by atoms with E-state index in [0.29, 0.717) is 25.9 Å². The molecule has 1 aromatic rings. The van der Waals surface area contributed by atoms with Gasteiger partial charge in [0.1, 0.15) is 5.75 Å². The topological polar surface area (TPSA) is 82.1 Å². The smallest absolute Gasteiger partial charge is 0.317 e. The number of hydrogen-bond acceptors (Lipinski definition) is 4. The summed E-state index contributed by atoms with van der Waals surface area (Å²) in [5, 5.41) is 12.2. The Morgan fingerprint density at radius 1 is 1.08 bits per heavy atom. The van der Waals surface area contributed by atoms with Gasteiger partial charge in [-0.1, -0.05) is 12.1 Å². The quantitative estimate of drug-likeness (QED) is 0.859. The van der Waals surface area contributed by atoms with E-state index < -0.39 is 5.97 Å². The van der Waals surface area contributed by atoms with Crippen LogP contribution < -0.4 is 15.0 Å². The molecule has 0 spiro atoms. The van der Waals surface area contributed by atoms with Crippen LogP contribution in [0, 0.1) is 5.92 Å². The van der Waals surface area contributed by atoms with Crippen LogP contribution in [0.5, 0.6) is 5.75 Å². The average molecular weight is 361 g/mol. The lowest BCUT2D eigenvalue weighted by atomic mass is 9.97. The monoisotopic (exact) mass is 361 g/mol. The third-order valence-corrected chi connectivity index (χ3v) is 5.38. The second-order valence-electron chi connectivity index (χ2n) is 6.98. The van der Waals surface area contributed by atoms with Gasteiger partial charge in [0, 0.05) is 32.2 Å². The SMILES string of the molecule is COc1ccccc1N1CCC(NC(=O)N2CCC(C(=O)O)CC2)CC1. The fraction of sp³-hybridized carbons (Fsp3) is 0.579. The summed E-state index contributed by atoms with van der Waals surface area (Å²) in [5.74, 6) is -0.201. The molecule has 0 saturated carbocycles. The molecule has 0 atom stereocenters. The number of nitrogens with one attached hydrogen (secondary N) is 1. The van der Waals surface area contributed by atoms with Crippen molar-refractivity contribution in [1.29, 1.82) is 0 Å². The standard InChI is InChI=1S/C19H27N3O4/c1-26-17-5-3-2-4-16(17)21-12-8-15(9-13-21)20-19(25)22-10-6-14(7-11-22)18(23)24/h2-5,14-15H,6-13H2,1H3,(H,20,25)(H,23,24). The molecule has 2 fully saturated rings. The van der Waals surface area contributed by atoms with Crippen molar-refractivity contribution in [2.75, 3.05) is 38.2 Å². The Labute approximate surface area is 153 Å². The molecule has 2 aliphatic heterocycles. The van der Waals surface area contributed by atoms with Crippen LogP contribution in [-0.4, -0.2) is 61.3 Å². The van der Waals surface area contributed by atoms with E-state index in [1.807, 2.05) is 18.2 Å². The number of benzene rings is 1. The van der Waals surface area contributed by atoms with Crippen LogP contribution in [0.25, 0.3) is 0 Å². The number of carboxylic acids is 1. The second kappa shape index (κ2) is 8.29. The van der Waals surface area contributed by atoms with Crippen molar-refractivity contribution in [3.05, 3.63) is 24.3 Å². The molecule has 0 bridgehead atoms. The number of rotatable bonds is 4. The van der Waals surface area contributed by atoms with Gasteiger partial charge in [-0.3, -0.25) is 4.79 Å². The van der Waals surface area contributed by atoms with E-state index in [2.05, 4.69) is 16.3 Å². The highest BCUT2D eigenvalue weighted by molar-refractivity contribution is 5.75. The summed E-state index contributed by atoms with van der Waals surface area (Å²) < 4.78 is 5.43. The van der Waals surface area contributed by atoms with E-state index in [0.717, 1.165) is 37.4 Å². The number of carboxylic acid groups (broad SMARTS) is 1. The van der Waals surface area contributed by atoms with E-state index in [9.17, 15) is 9.59 Å². The zero-order valence-corrected chi connectivity index (χ0v) is 15.2. The molecule has 2 amide bonds. The largest absolute Gasteiger partial charge is 0.495 e. The van der Waals surface area contributed by atoms with Crippen LogP contribution in [0.2, 0.25) is 0 Å². The molecule has 3 rings (SSSR count). The van der Waals surface area contributed by atoms with Gasteiger partial charge in [0.05, 0.1) is 18.7 Å². The summed E-state index contributed by atoms with van der Waals surface area (Å²) in [7, 11) is 1.68. The van der Waals surface area contributed by atoms with Crippen molar-refractivity contribution in [3.63, 3.8) is 0 Å². The molecule has 0 aromatic heterocycles. The number of ether oxygens (including phenoxy) is 1. The highest BCUT2D eigenvalue weighted by Gasteiger charge is 2.29. The van der Waals surface area contributed by atoms with Gasteiger partial charge in [0.25, 0.3) is 0 Å². The first kappa shape index (κ1) is 18.4. The first-order chi connectivity index (χ1) is 12.6. The van der Waals surface area contributed by atoms with Gasteiger partial charge < -0.3 is 25.0 Å². The van der Waals surface area contributed by atoms with E-state index in [4.69, 9.17) is 9.84 Å². The minimum Gasteiger partial charge on any atom is -0.495 e. The number of para-hydroxylation sites is 2. The lowest BCUT2D eigenvalue weighted by Crippen LogP contribution is -2.51. The van der Waals surface area contributed by atoms with Crippen LogP contribution >= 0.6 is 0 Å². The molecule has 142 valence electrons. The van der Waals surface area contributed by atoms with Crippen molar-refractivity contribution in [2.45, 2.75) is 31.7 Å². The van der Waals surface area contributed by atoms with Crippen LogP contribution in [0.4, 0.5) is 10.5 Å². The first-order valence-corrected chi connectivity index (χ1v) is 9.24. The van der Waals surface area contributed by atoms with Gasteiger partial charge in [0.15, 0.2) is 0 Å². The van der Waals surface area contributed by atoms with Gasteiger partial charge >= 0.3 is 12.0 Å². The molecule has 7 nitrogen and oxygen atoms in total. The Balaban J connectivity index is 1.47. The summed E-state index contributed by atoms with van der Waals surface area (Å²) in [4.78, 5) is 27.5. The number of nitrogens with zero attached hydrogens (tertiary/aromatic N) is 2. The molecule has 2 saturated heterocycles. The number of piperidine rings is 2. The van der Waals surface area contributed by atoms with Crippen molar-refractivity contribution >= 4 is 17.7 Å². The minimum absolute atomic E-state index is 0.0652. The summed E-state index contributed by atoms with van der Waals surface area (Å²) in [6.45, 7) is 2.77. The van der Waals surface area contributed by atoms with Crippen molar-refractivity contribution in [3.8, 4) is 5.75 Å². The lowest BCUT2D eigenvalue weighted by molar-refractivity contribution is -0.143. The minimum atomic E-state index is -0.756. The van der Waals surface area contributed by atoms with E-state index >= 15 is 0 Å². The molecule has 0 aliphatic carbocycles. The predicted molar refractivity (Wildman–Crippen MR) is 98.7 cm³/mol. The van der Waals surface area contributed by atoms with Crippen LogP contribution in [0.15, 0.2) is 24.3 Å². The highest BCUT2D eigenvalue weighted by Crippen LogP contribution is 2.30. The Bertz CT molecular complexity index is 635. The Kier molecular flexibility index (Phi) is 5.85. The fourth-order valence-corrected chi connectivity index (χ4v) is 3.75. The highest BCUT2D eigenvalue weighted by atomic mass is 16.5. The summed E-state index contributed by atoms with van der Waals surface area (Å²) in [5.41, 5.74) is 1.09. The number of likely N-dealkylation sites (tertiary alicyclic amines) is 1. The zero-order valence-electron chi connectivity index (χ0n) is 15.2. The molecular formula is C19H27N3O4. The molecular weight excluding hydrogens is 334 g/mol. The Morgan fingerprint density at radius 3 is 2.35 bits per heavy atom. The summed E-state index contributed by atoms with van der Waals surface area (Å²) in [6, 6.07) is 8.08. The molecule has 7 heteroatoms. The second-order valence-corrected chi connectivity index (χ2v) is 6.98. The summed E-state index contributed by atoms with van der Waals surface area (Å²) >= 11 is 0. The molecule has 0 unspecified atom stereocenters. The van der Waals surface area contributed by atoms with Crippen LogP contribution in [0.1, 0.15) is 25.7 Å². The molecule has 2 aliphatic rings. The maximum atomic E-state index is 12.4. The Morgan fingerprint density at radius 2 is 1.73 bits per heavy atom. The number of carbonyl (C=O) groups excluding carboxylic acids is 1. The van der Waals surface area contributed by atoms with Crippen molar-refractivity contribution in [2.24, 2.45) is 5.92 Å². The third kappa shape index (κ3) is 4.20. The molecule has 0 radical (unpaired) electrons. The number of urea groups is 1. The molecule has 1 aromatic carbocycles. The normalized spacial score (nSPS) is 19.3. The number of carbonyl (C=O) groups is 2.